The predicted octanol–water partition coefficient (Wildman–Crippen LogP) is 1.61. The van der Waals surface area contributed by atoms with E-state index in [0.717, 1.165) is 10.9 Å². The van der Waals surface area contributed by atoms with Gasteiger partial charge in [-0.25, -0.2) is 17.2 Å². The van der Waals surface area contributed by atoms with Gasteiger partial charge in [0, 0.05) is 23.5 Å². The van der Waals surface area contributed by atoms with Crippen LogP contribution in [0.15, 0.2) is 11.1 Å². The van der Waals surface area contributed by atoms with E-state index in [-0.39, 0.29) is 17.2 Å². The van der Waals surface area contributed by atoms with Gasteiger partial charge in [-0.2, -0.15) is 5.10 Å². The lowest BCUT2D eigenvalue weighted by atomic mass is 10.5. The molecule has 0 aliphatic heterocycles. The van der Waals surface area contributed by atoms with Crippen LogP contribution in [0.4, 0.5) is 8.78 Å². The SMILES string of the molecule is CCOCc1nn(CC(F)F)cc1S(=O)(=O)Cl. The molecule has 0 aliphatic rings. The van der Waals surface area contributed by atoms with Gasteiger partial charge in [-0.15, -0.1) is 0 Å². The first-order valence-electron chi connectivity index (χ1n) is 4.71. The Morgan fingerprint density at radius 2 is 2.24 bits per heavy atom. The second kappa shape index (κ2) is 5.74. The van der Waals surface area contributed by atoms with Crippen LogP contribution in [0.1, 0.15) is 12.6 Å². The van der Waals surface area contributed by atoms with E-state index in [1.807, 2.05) is 0 Å². The molecule has 0 aromatic carbocycles. The van der Waals surface area contributed by atoms with Gasteiger partial charge in [0.05, 0.1) is 6.61 Å². The first kappa shape index (κ1) is 14.3. The average Bonchev–Trinajstić information content (AvgIpc) is 2.56. The van der Waals surface area contributed by atoms with Gasteiger partial charge in [-0.3, -0.25) is 4.68 Å². The number of nitrogens with zero attached hydrogens (tertiary/aromatic N) is 2. The molecule has 17 heavy (non-hydrogen) atoms. The molecule has 98 valence electrons. The minimum absolute atomic E-state index is 0.0301. The van der Waals surface area contributed by atoms with Crippen molar-refractivity contribution in [1.29, 1.82) is 0 Å². The monoisotopic (exact) mass is 288 g/mol. The molecule has 0 bridgehead atoms. The van der Waals surface area contributed by atoms with E-state index in [4.69, 9.17) is 15.4 Å². The Kier molecular flexibility index (Phi) is 4.84. The topological polar surface area (TPSA) is 61.2 Å². The number of alkyl halides is 2. The van der Waals surface area contributed by atoms with Crippen LogP contribution in [-0.2, 0) is 26.9 Å². The zero-order valence-electron chi connectivity index (χ0n) is 8.94. The Morgan fingerprint density at radius 3 is 2.71 bits per heavy atom. The van der Waals surface area contributed by atoms with Gasteiger partial charge in [0.15, 0.2) is 0 Å². The highest BCUT2D eigenvalue weighted by molar-refractivity contribution is 8.13. The van der Waals surface area contributed by atoms with Crippen molar-refractivity contribution in [3.8, 4) is 0 Å². The number of rotatable bonds is 6. The van der Waals surface area contributed by atoms with Gasteiger partial charge < -0.3 is 4.74 Å². The Labute approximate surface area is 102 Å². The molecule has 0 aliphatic carbocycles. The van der Waals surface area contributed by atoms with Crippen LogP contribution in [0.5, 0.6) is 0 Å². The van der Waals surface area contributed by atoms with Crippen LogP contribution < -0.4 is 0 Å². The molecule has 0 amide bonds. The number of aromatic nitrogens is 2. The van der Waals surface area contributed by atoms with Gasteiger partial charge >= 0.3 is 0 Å². The van der Waals surface area contributed by atoms with Crippen LogP contribution in [0.3, 0.4) is 0 Å². The standard InChI is InChI=1S/C8H11ClF2N2O3S/c1-2-16-5-6-7(17(9,14)15)3-13(12-6)4-8(10)11/h3,8H,2,4-5H2,1H3. The predicted molar refractivity (Wildman–Crippen MR) is 56.6 cm³/mol. The third-order valence-electron chi connectivity index (χ3n) is 1.83. The van der Waals surface area contributed by atoms with E-state index in [1.54, 1.807) is 6.92 Å². The average molecular weight is 289 g/mol. The summed E-state index contributed by atoms with van der Waals surface area (Å²) in [7, 11) is 1.15. The first-order valence-corrected chi connectivity index (χ1v) is 7.02. The molecule has 0 saturated carbocycles. The molecule has 0 spiro atoms. The molecular formula is C8H11ClF2N2O3S. The van der Waals surface area contributed by atoms with E-state index in [1.165, 1.54) is 0 Å². The fraction of sp³-hybridized carbons (Fsp3) is 0.625. The van der Waals surface area contributed by atoms with Crippen molar-refractivity contribution in [3.05, 3.63) is 11.9 Å². The van der Waals surface area contributed by atoms with E-state index in [2.05, 4.69) is 5.10 Å². The molecule has 1 aromatic heterocycles. The minimum Gasteiger partial charge on any atom is -0.375 e. The fourth-order valence-corrected chi connectivity index (χ4v) is 2.20. The zero-order chi connectivity index (χ0) is 13.1. The largest absolute Gasteiger partial charge is 0.375 e. The number of hydrogen-bond acceptors (Lipinski definition) is 4. The van der Waals surface area contributed by atoms with E-state index >= 15 is 0 Å². The molecule has 0 fully saturated rings. The second-order valence-corrected chi connectivity index (χ2v) is 5.66. The van der Waals surface area contributed by atoms with Crippen molar-refractivity contribution in [2.75, 3.05) is 6.61 Å². The Bertz CT molecular complexity index is 475. The maximum Gasteiger partial charge on any atom is 0.264 e. The summed E-state index contributed by atoms with van der Waals surface area (Å²) < 4.78 is 52.5. The summed E-state index contributed by atoms with van der Waals surface area (Å²) in [5.41, 5.74) is 0.0301. The molecule has 1 aromatic rings. The van der Waals surface area contributed by atoms with Crippen molar-refractivity contribution in [2.24, 2.45) is 0 Å². The highest BCUT2D eigenvalue weighted by atomic mass is 35.7. The second-order valence-electron chi connectivity index (χ2n) is 3.13. The molecular weight excluding hydrogens is 278 g/mol. The maximum absolute atomic E-state index is 12.1. The summed E-state index contributed by atoms with van der Waals surface area (Å²) in [5.74, 6) is 0. The molecule has 0 atom stereocenters. The minimum atomic E-state index is -4.01. The summed E-state index contributed by atoms with van der Waals surface area (Å²) in [6, 6.07) is 0. The van der Waals surface area contributed by atoms with Gasteiger partial charge in [-0.1, -0.05) is 0 Å². The van der Waals surface area contributed by atoms with Gasteiger partial charge in [0.1, 0.15) is 17.1 Å². The summed E-state index contributed by atoms with van der Waals surface area (Å²) in [5, 5.41) is 3.70. The highest BCUT2D eigenvalue weighted by Gasteiger charge is 2.21. The number of halogens is 3. The third-order valence-corrected chi connectivity index (χ3v) is 3.20. The normalized spacial score (nSPS) is 12.3. The van der Waals surface area contributed by atoms with E-state index < -0.39 is 22.0 Å². The van der Waals surface area contributed by atoms with Crippen molar-refractivity contribution in [3.63, 3.8) is 0 Å². The van der Waals surface area contributed by atoms with Crippen LogP contribution >= 0.6 is 10.7 Å². The quantitative estimate of drug-likeness (QED) is 0.746. The lowest BCUT2D eigenvalue weighted by Crippen LogP contribution is -2.07. The van der Waals surface area contributed by atoms with Crippen LogP contribution in [0, 0.1) is 0 Å². The third kappa shape index (κ3) is 4.21. The van der Waals surface area contributed by atoms with E-state index in [0.29, 0.717) is 6.61 Å². The smallest absolute Gasteiger partial charge is 0.264 e. The molecule has 1 heterocycles. The molecule has 9 heteroatoms. The molecule has 0 N–H and O–H groups in total. The lowest BCUT2D eigenvalue weighted by molar-refractivity contribution is 0.117. The highest BCUT2D eigenvalue weighted by Crippen LogP contribution is 2.20. The van der Waals surface area contributed by atoms with Crippen LogP contribution in [0.2, 0.25) is 0 Å². The van der Waals surface area contributed by atoms with Crippen molar-refractivity contribution >= 4 is 19.7 Å². The zero-order valence-corrected chi connectivity index (χ0v) is 10.5. The lowest BCUT2D eigenvalue weighted by Gasteiger charge is -1.99. The molecule has 0 unspecified atom stereocenters. The van der Waals surface area contributed by atoms with Crippen LogP contribution in [-0.4, -0.2) is 31.2 Å². The van der Waals surface area contributed by atoms with Gasteiger partial charge in [0.2, 0.25) is 0 Å². The van der Waals surface area contributed by atoms with Gasteiger partial charge in [0.25, 0.3) is 15.5 Å². The molecule has 1 rings (SSSR count). The summed E-state index contributed by atoms with van der Waals surface area (Å²) in [6.45, 7) is 1.29. The van der Waals surface area contributed by atoms with Crippen molar-refractivity contribution in [1.82, 2.24) is 9.78 Å². The molecule has 0 radical (unpaired) electrons. The van der Waals surface area contributed by atoms with Crippen molar-refractivity contribution < 1.29 is 21.9 Å². The first-order chi connectivity index (χ1) is 7.84. The number of ether oxygens (including phenoxy) is 1. The van der Waals surface area contributed by atoms with Gasteiger partial charge in [-0.05, 0) is 6.92 Å². The Hall–Kier alpha value is -0.730. The van der Waals surface area contributed by atoms with Crippen LogP contribution in [0.25, 0.3) is 0 Å². The number of hydrogen-bond donors (Lipinski definition) is 0. The van der Waals surface area contributed by atoms with Crippen molar-refractivity contribution in [2.45, 2.75) is 31.4 Å². The molecule has 0 saturated heterocycles. The Morgan fingerprint density at radius 1 is 1.59 bits per heavy atom. The Balaban J connectivity index is 3.03. The summed E-state index contributed by atoms with van der Waals surface area (Å²) in [4.78, 5) is -0.298. The summed E-state index contributed by atoms with van der Waals surface area (Å²) >= 11 is 0. The maximum atomic E-state index is 12.1. The fourth-order valence-electron chi connectivity index (χ4n) is 1.18. The van der Waals surface area contributed by atoms with E-state index in [9.17, 15) is 17.2 Å². The summed E-state index contributed by atoms with van der Waals surface area (Å²) in [6.07, 6.45) is -1.65. The molecule has 5 nitrogen and oxygen atoms in total.